The van der Waals surface area contributed by atoms with E-state index in [0.717, 1.165) is 26.9 Å². The molecule has 9 heteroatoms. The Kier molecular flexibility index (Phi) is 7.24. The van der Waals surface area contributed by atoms with Crippen molar-refractivity contribution in [3.05, 3.63) is 78.5 Å². The first-order valence-electron chi connectivity index (χ1n) is 10.4. The maximum Gasteiger partial charge on any atom is 0.263 e. The second-order valence-electron chi connectivity index (χ2n) is 7.44. The molecule has 0 saturated carbocycles. The lowest BCUT2D eigenvalue weighted by atomic mass is 10.0. The Balaban J connectivity index is 1.80. The normalized spacial score (nSPS) is 12.2. The van der Waals surface area contributed by atoms with Gasteiger partial charge in [0.05, 0.1) is 22.4 Å². The van der Waals surface area contributed by atoms with Crippen LogP contribution in [0.25, 0.3) is 21.3 Å². The number of carbonyl (C=O) groups excluding carboxylic acids is 1. The second-order valence-corrected chi connectivity index (χ2v) is 10.3. The lowest BCUT2D eigenvalue weighted by molar-refractivity contribution is -0.119. The van der Waals surface area contributed by atoms with Gasteiger partial charge in [-0.15, -0.1) is 11.3 Å². The van der Waals surface area contributed by atoms with Crippen molar-refractivity contribution >= 4 is 72.3 Å². The molecule has 0 aliphatic carbocycles. The van der Waals surface area contributed by atoms with E-state index in [9.17, 15) is 9.59 Å². The Labute approximate surface area is 213 Å². The van der Waals surface area contributed by atoms with Gasteiger partial charge >= 0.3 is 0 Å². The summed E-state index contributed by atoms with van der Waals surface area (Å²) in [4.78, 5) is 33.1. The quantitative estimate of drug-likeness (QED) is 0.266. The van der Waals surface area contributed by atoms with Crippen molar-refractivity contribution in [2.24, 2.45) is 0 Å². The molecule has 1 unspecified atom stereocenters. The van der Waals surface area contributed by atoms with E-state index in [-0.39, 0.29) is 11.5 Å². The smallest absolute Gasteiger partial charge is 0.263 e. The number of anilines is 1. The fourth-order valence-electron chi connectivity index (χ4n) is 3.76. The molecular weight excluding hydrogens is 545 g/mol. The SMILES string of the molecule is CCc1sc2ncn(C(CC)C(=O)Nc3ccc(Cl)cc3Cl)c(=O)c2c1-c1ccc(Br)cc1. The van der Waals surface area contributed by atoms with E-state index in [1.165, 1.54) is 22.2 Å². The average molecular weight is 565 g/mol. The number of thiophene rings is 1. The zero-order valence-corrected chi connectivity index (χ0v) is 21.8. The van der Waals surface area contributed by atoms with Crippen LogP contribution in [0.3, 0.4) is 0 Å². The molecule has 4 aromatic rings. The van der Waals surface area contributed by atoms with Gasteiger partial charge in [-0.1, -0.05) is 65.1 Å². The number of fused-ring (bicyclic) bond motifs is 1. The molecular formula is C24H20BrCl2N3O2S. The summed E-state index contributed by atoms with van der Waals surface area (Å²) in [5.41, 5.74) is 2.03. The van der Waals surface area contributed by atoms with Crippen molar-refractivity contribution in [1.82, 2.24) is 9.55 Å². The molecule has 33 heavy (non-hydrogen) atoms. The maximum absolute atomic E-state index is 13.7. The van der Waals surface area contributed by atoms with Gasteiger partial charge in [0.2, 0.25) is 5.91 Å². The standard InChI is InChI=1S/C24H20BrCl2N3O2S/c1-3-18(22(31)29-17-10-9-15(26)11-16(17)27)30-12-28-23-21(24(30)32)20(19(4-2)33-23)13-5-7-14(25)8-6-13/h5-12,18H,3-4H2,1-2H3,(H,29,31). The number of hydrogen-bond acceptors (Lipinski definition) is 4. The molecule has 1 amide bonds. The van der Waals surface area contributed by atoms with Gasteiger partial charge in [-0.25, -0.2) is 4.98 Å². The number of aromatic nitrogens is 2. The fourth-order valence-corrected chi connectivity index (χ4v) is 5.57. The maximum atomic E-state index is 13.7. The first-order valence-corrected chi connectivity index (χ1v) is 12.7. The number of halogens is 3. The minimum absolute atomic E-state index is 0.238. The third-order valence-corrected chi connectivity index (χ3v) is 7.70. The summed E-state index contributed by atoms with van der Waals surface area (Å²) < 4.78 is 2.37. The average Bonchev–Trinajstić information content (AvgIpc) is 3.18. The van der Waals surface area contributed by atoms with E-state index in [1.54, 1.807) is 18.2 Å². The van der Waals surface area contributed by atoms with E-state index in [2.05, 4.69) is 33.2 Å². The largest absolute Gasteiger partial charge is 0.323 e. The molecule has 0 bridgehead atoms. The molecule has 0 spiro atoms. The van der Waals surface area contributed by atoms with Crippen LogP contribution < -0.4 is 10.9 Å². The lowest BCUT2D eigenvalue weighted by Crippen LogP contribution is -2.33. The summed E-state index contributed by atoms with van der Waals surface area (Å²) in [5, 5.41) is 4.15. The molecule has 0 fully saturated rings. The molecule has 0 aliphatic heterocycles. The van der Waals surface area contributed by atoms with Crippen molar-refractivity contribution < 1.29 is 4.79 Å². The van der Waals surface area contributed by atoms with Crippen LogP contribution in [0, 0.1) is 0 Å². The Morgan fingerprint density at radius 3 is 2.55 bits per heavy atom. The molecule has 4 rings (SSSR count). The molecule has 1 atom stereocenters. The summed E-state index contributed by atoms with van der Waals surface area (Å²) in [6, 6.07) is 12.0. The first kappa shape index (κ1) is 24.0. The third-order valence-electron chi connectivity index (χ3n) is 5.38. The molecule has 5 nitrogen and oxygen atoms in total. The monoisotopic (exact) mass is 563 g/mol. The molecule has 1 N–H and O–H groups in total. The van der Waals surface area contributed by atoms with E-state index < -0.39 is 6.04 Å². The Morgan fingerprint density at radius 1 is 1.18 bits per heavy atom. The van der Waals surface area contributed by atoms with Gasteiger partial charge < -0.3 is 5.32 Å². The van der Waals surface area contributed by atoms with E-state index in [1.807, 2.05) is 31.2 Å². The van der Waals surface area contributed by atoms with Crippen LogP contribution in [0.4, 0.5) is 5.69 Å². The molecule has 0 aliphatic rings. The van der Waals surface area contributed by atoms with E-state index in [4.69, 9.17) is 23.2 Å². The van der Waals surface area contributed by atoms with Gasteiger partial charge in [-0.3, -0.25) is 14.2 Å². The van der Waals surface area contributed by atoms with Gasteiger partial charge in [-0.05, 0) is 48.7 Å². The highest BCUT2D eigenvalue weighted by atomic mass is 79.9. The molecule has 2 heterocycles. The third kappa shape index (κ3) is 4.73. The van der Waals surface area contributed by atoms with E-state index >= 15 is 0 Å². The van der Waals surface area contributed by atoms with Crippen LogP contribution in [0.1, 0.15) is 31.2 Å². The molecule has 0 saturated heterocycles. The van der Waals surface area contributed by atoms with Gasteiger partial charge in [0.25, 0.3) is 5.56 Å². The predicted octanol–water partition coefficient (Wildman–Crippen LogP) is 7.35. The Bertz CT molecular complexity index is 1400. The number of rotatable bonds is 6. The van der Waals surface area contributed by atoms with Gasteiger partial charge in [-0.2, -0.15) is 0 Å². The molecule has 0 radical (unpaired) electrons. The highest BCUT2D eigenvalue weighted by Crippen LogP contribution is 2.37. The highest BCUT2D eigenvalue weighted by Gasteiger charge is 2.25. The highest BCUT2D eigenvalue weighted by molar-refractivity contribution is 9.10. The summed E-state index contributed by atoms with van der Waals surface area (Å²) in [6.45, 7) is 3.91. The van der Waals surface area contributed by atoms with Crippen molar-refractivity contribution in [2.45, 2.75) is 32.7 Å². The summed E-state index contributed by atoms with van der Waals surface area (Å²) in [5.74, 6) is -0.346. The second kappa shape index (κ2) is 9.97. The number of nitrogens with zero attached hydrogens (tertiary/aromatic N) is 2. The zero-order chi connectivity index (χ0) is 23.7. The van der Waals surface area contributed by atoms with E-state index in [0.29, 0.717) is 32.4 Å². The molecule has 2 aromatic carbocycles. The first-order chi connectivity index (χ1) is 15.8. The predicted molar refractivity (Wildman–Crippen MR) is 141 cm³/mol. The van der Waals surface area contributed by atoms with Crippen LogP contribution >= 0.6 is 50.5 Å². The summed E-state index contributed by atoms with van der Waals surface area (Å²) in [7, 11) is 0. The minimum atomic E-state index is -0.746. The Morgan fingerprint density at radius 2 is 1.91 bits per heavy atom. The van der Waals surface area contributed by atoms with Crippen molar-refractivity contribution in [3.63, 3.8) is 0 Å². The van der Waals surface area contributed by atoms with Crippen LogP contribution in [0.15, 0.2) is 58.1 Å². The van der Waals surface area contributed by atoms with Crippen molar-refractivity contribution in [1.29, 1.82) is 0 Å². The van der Waals surface area contributed by atoms with Crippen molar-refractivity contribution in [2.75, 3.05) is 5.32 Å². The fraction of sp³-hybridized carbons (Fsp3) is 0.208. The van der Waals surface area contributed by atoms with Crippen LogP contribution in [0.2, 0.25) is 10.0 Å². The lowest BCUT2D eigenvalue weighted by Gasteiger charge is -2.18. The van der Waals surface area contributed by atoms with Crippen LogP contribution in [-0.2, 0) is 11.2 Å². The summed E-state index contributed by atoms with van der Waals surface area (Å²) in [6.07, 6.45) is 2.64. The number of amides is 1. The number of hydrogen-bond donors (Lipinski definition) is 1. The van der Waals surface area contributed by atoms with Gasteiger partial charge in [0, 0.05) is 19.9 Å². The zero-order valence-electron chi connectivity index (χ0n) is 17.9. The number of carbonyl (C=O) groups is 1. The number of nitrogens with one attached hydrogen (secondary N) is 1. The number of benzene rings is 2. The molecule has 170 valence electrons. The number of aryl methyl sites for hydroxylation is 1. The van der Waals surface area contributed by atoms with Crippen molar-refractivity contribution in [3.8, 4) is 11.1 Å². The topological polar surface area (TPSA) is 64.0 Å². The summed E-state index contributed by atoms with van der Waals surface area (Å²) >= 11 is 17.1. The van der Waals surface area contributed by atoms with Gasteiger partial charge in [0.1, 0.15) is 10.9 Å². The van der Waals surface area contributed by atoms with Crippen LogP contribution in [-0.4, -0.2) is 15.5 Å². The molecule has 2 aromatic heterocycles. The van der Waals surface area contributed by atoms with Crippen LogP contribution in [0.5, 0.6) is 0 Å². The minimum Gasteiger partial charge on any atom is -0.323 e. The van der Waals surface area contributed by atoms with Gasteiger partial charge in [0.15, 0.2) is 0 Å². The Hall–Kier alpha value is -2.19.